The van der Waals surface area contributed by atoms with Crippen molar-refractivity contribution in [2.75, 3.05) is 16.8 Å². The quantitative estimate of drug-likeness (QED) is 0.788. The number of rotatable bonds is 2. The van der Waals surface area contributed by atoms with Crippen molar-refractivity contribution in [3.8, 4) is 0 Å². The van der Waals surface area contributed by atoms with Crippen LogP contribution in [0.3, 0.4) is 0 Å². The van der Waals surface area contributed by atoms with Gasteiger partial charge in [0, 0.05) is 11.8 Å². The predicted octanol–water partition coefficient (Wildman–Crippen LogP) is 3.04. The second kappa shape index (κ2) is 4.89. The largest absolute Gasteiger partial charge is 0.380 e. The molecule has 1 aliphatic heterocycles. The molecule has 14 heavy (non-hydrogen) atoms. The molecule has 0 radical (unpaired) electrons. The molecule has 0 saturated carbocycles. The molecule has 2 nitrogen and oxygen atoms in total. The second-order valence-corrected chi connectivity index (χ2v) is 4.97. The first-order chi connectivity index (χ1) is 6.84. The molecule has 0 aromatic carbocycles. The van der Waals surface area contributed by atoms with Crippen molar-refractivity contribution in [2.45, 2.75) is 18.9 Å². The molecule has 1 fully saturated rings. The molecular weight excluding hydrogens is 216 g/mol. The van der Waals surface area contributed by atoms with E-state index in [4.69, 9.17) is 11.6 Å². The summed E-state index contributed by atoms with van der Waals surface area (Å²) in [6.45, 7) is 0. The molecule has 4 heteroatoms. The Morgan fingerprint density at radius 1 is 1.50 bits per heavy atom. The van der Waals surface area contributed by atoms with Gasteiger partial charge < -0.3 is 5.32 Å². The molecule has 0 aliphatic carbocycles. The van der Waals surface area contributed by atoms with Crippen molar-refractivity contribution in [3.05, 3.63) is 23.5 Å². The van der Waals surface area contributed by atoms with Crippen LogP contribution in [0.1, 0.15) is 12.8 Å². The van der Waals surface area contributed by atoms with E-state index in [0.717, 1.165) is 5.69 Å². The van der Waals surface area contributed by atoms with Crippen LogP contribution < -0.4 is 5.32 Å². The highest BCUT2D eigenvalue weighted by Gasteiger charge is 2.12. The predicted molar refractivity (Wildman–Crippen MR) is 63.2 cm³/mol. The number of anilines is 1. The highest BCUT2D eigenvalue weighted by atomic mass is 35.5. The Kier molecular flexibility index (Phi) is 3.54. The number of nitrogens with zero attached hydrogens (tertiary/aromatic N) is 1. The van der Waals surface area contributed by atoms with Gasteiger partial charge in [0.1, 0.15) is 5.15 Å². The van der Waals surface area contributed by atoms with E-state index in [9.17, 15) is 0 Å². The lowest BCUT2D eigenvalue weighted by Gasteiger charge is -2.23. The molecule has 76 valence electrons. The second-order valence-electron chi connectivity index (χ2n) is 3.43. The summed E-state index contributed by atoms with van der Waals surface area (Å²) >= 11 is 7.73. The van der Waals surface area contributed by atoms with E-state index in [1.165, 1.54) is 24.3 Å². The lowest BCUT2D eigenvalue weighted by molar-refractivity contribution is 0.685. The van der Waals surface area contributed by atoms with Crippen LogP contribution in [0.5, 0.6) is 0 Å². The fourth-order valence-corrected chi connectivity index (χ4v) is 2.74. The van der Waals surface area contributed by atoms with Gasteiger partial charge in [-0.2, -0.15) is 11.8 Å². The van der Waals surface area contributed by atoms with Gasteiger partial charge in [0.2, 0.25) is 0 Å². The SMILES string of the molecule is Clc1ccc(N[C@H]2CCCSC2)cn1. The number of aromatic nitrogens is 1. The first-order valence-electron chi connectivity index (χ1n) is 4.80. The molecular formula is C10H13ClN2S. The van der Waals surface area contributed by atoms with Gasteiger partial charge in [-0.3, -0.25) is 0 Å². The number of pyridine rings is 1. The first kappa shape index (κ1) is 10.1. The van der Waals surface area contributed by atoms with Gasteiger partial charge in [-0.05, 0) is 30.7 Å². The van der Waals surface area contributed by atoms with E-state index in [2.05, 4.69) is 10.3 Å². The summed E-state index contributed by atoms with van der Waals surface area (Å²) in [6.07, 6.45) is 4.36. The molecule has 1 aromatic rings. The van der Waals surface area contributed by atoms with Crippen LogP contribution in [0.15, 0.2) is 18.3 Å². The van der Waals surface area contributed by atoms with Crippen LogP contribution in [0.25, 0.3) is 0 Å². The van der Waals surface area contributed by atoms with E-state index in [1.807, 2.05) is 23.9 Å². The molecule has 1 atom stereocenters. The van der Waals surface area contributed by atoms with Crippen molar-refractivity contribution in [1.82, 2.24) is 4.98 Å². The zero-order valence-corrected chi connectivity index (χ0v) is 9.44. The van der Waals surface area contributed by atoms with Gasteiger partial charge in [0.25, 0.3) is 0 Å². The zero-order valence-electron chi connectivity index (χ0n) is 7.87. The molecule has 2 heterocycles. The minimum Gasteiger partial charge on any atom is -0.380 e. The maximum atomic E-state index is 5.71. The summed E-state index contributed by atoms with van der Waals surface area (Å²) in [4.78, 5) is 4.04. The number of halogens is 1. The lowest BCUT2D eigenvalue weighted by Crippen LogP contribution is -2.25. The Hall–Kier alpha value is -0.410. The molecule has 1 N–H and O–H groups in total. The monoisotopic (exact) mass is 228 g/mol. The Morgan fingerprint density at radius 2 is 2.43 bits per heavy atom. The molecule has 1 aromatic heterocycles. The third-order valence-corrected chi connectivity index (χ3v) is 3.70. The number of hydrogen-bond donors (Lipinski definition) is 1. The van der Waals surface area contributed by atoms with Crippen molar-refractivity contribution >= 4 is 29.1 Å². The molecule has 0 unspecified atom stereocenters. The van der Waals surface area contributed by atoms with Crippen molar-refractivity contribution in [1.29, 1.82) is 0 Å². The van der Waals surface area contributed by atoms with E-state index in [1.54, 1.807) is 6.20 Å². The van der Waals surface area contributed by atoms with Crippen LogP contribution in [0.4, 0.5) is 5.69 Å². The molecule has 0 spiro atoms. The number of nitrogens with one attached hydrogen (secondary N) is 1. The average molecular weight is 229 g/mol. The van der Waals surface area contributed by atoms with Crippen LogP contribution >= 0.6 is 23.4 Å². The smallest absolute Gasteiger partial charge is 0.129 e. The van der Waals surface area contributed by atoms with Crippen molar-refractivity contribution in [3.63, 3.8) is 0 Å². The van der Waals surface area contributed by atoms with Crippen LogP contribution in [0, 0.1) is 0 Å². The number of thioether (sulfide) groups is 1. The van der Waals surface area contributed by atoms with E-state index >= 15 is 0 Å². The fourth-order valence-electron chi connectivity index (χ4n) is 1.55. The molecule has 0 amide bonds. The van der Waals surface area contributed by atoms with Gasteiger partial charge in [-0.1, -0.05) is 11.6 Å². The summed E-state index contributed by atoms with van der Waals surface area (Å²) in [7, 11) is 0. The van der Waals surface area contributed by atoms with Gasteiger partial charge in [-0.15, -0.1) is 0 Å². The van der Waals surface area contributed by atoms with E-state index in [-0.39, 0.29) is 0 Å². The van der Waals surface area contributed by atoms with Gasteiger partial charge >= 0.3 is 0 Å². The van der Waals surface area contributed by atoms with Gasteiger partial charge in [-0.25, -0.2) is 4.98 Å². The summed E-state index contributed by atoms with van der Waals surface area (Å²) in [5.74, 6) is 2.50. The topological polar surface area (TPSA) is 24.9 Å². The minimum absolute atomic E-state index is 0.550. The summed E-state index contributed by atoms with van der Waals surface area (Å²) in [5, 5.41) is 4.02. The zero-order chi connectivity index (χ0) is 9.80. The van der Waals surface area contributed by atoms with Crippen molar-refractivity contribution < 1.29 is 0 Å². The summed E-state index contributed by atoms with van der Waals surface area (Å²) in [6, 6.07) is 4.39. The van der Waals surface area contributed by atoms with Crippen LogP contribution in [-0.2, 0) is 0 Å². The summed E-state index contributed by atoms with van der Waals surface area (Å²) in [5.41, 5.74) is 1.07. The third-order valence-electron chi connectivity index (χ3n) is 2.26. The fraction of sp³-hybridized carbons (Fsp3) is 0.500. The van der Waals surface area contributed by atoms with Crippen LogP contribution in [-0.4, -0.2) is 22.5 Å². The standard InChI is InChI=1S/C10H13ClN2S/c11-10-4-3-8(6-12-10)13-9-2-1-5-14-7-9/h3-4,6,9,13H,1-2,5,7H2/t9-/m0/s1. The maximum absolute atomic E-state index is 5.71. The van der Waals surface area contributed by atoms with Crippen LogP contribution in [0.2, 0.25) is 5.15 Å². The minimum atomic E-state index is 0.550. The Labute approximate surface area is 93.4 Å². The lowest BCUT2D eigenvalue weighted by atomic mass is 10.2. The van der Waals surface area contributed by atoms with Crippen molar-refractivity contribution in [2.24, 2.45) is 0 Å². The maximum Gasteiger partial charge on any atom is 0.129 e. The Morgan fingerprint density at radius 3 is 3.07 bits per heavy atom. The number of hydrogen-bond acceptors (Lipinski definition) is 3. The third kappa shape index (κ3) is 2.79. The molecule has 1 aliphatic rings. The van der Waals surface area contributed by atoms with E-state index < -0.39 is 0 Å². The van der Waals surface area contributed by atoms with E-state index in [0.29, 0.717) is 11.2 Å². The molecule has 0 bridgehead atoms. The normalized spacial score (nSPS) is 21.9. The Balaban J connectivity index is 1.92. The van der Waals surface area contributed by atoms with Gasteiger partial charge in [0.15, 0.2) is 0 Å². The molecule has 2 rings (SSSR count). The highest BCUT2D eigenvalue weighted by Crippen LogP contribution is 2.20. The first-order valence-corrected chi connectivity index (χ1v) is 6.34. The molecule has 1 saturated heterocycles. The highest BCUT2D eigenvalue weighted by molar-refractivity contribution is 7.99. The summed E-state index contributed by atoms with van der Waals surface area (Å²) < 4.78 is 0. The average Bonchev–Trinajstić information content (AvgIpc) is 2.23. The van der Waals surface area contributed by atoms with Gasteiger partial charge in [0.05, 0.1) is 11.9 Å². The Bertz CT molecular complexity index is 283.